The van der Waals surface area contributed by atoms with Crippen molar-refractivity contribution in [2.45, 2.75) is 109 Å². The molecule has 2 aliphatic carbocycles. The van der Waals surface area contributed by atoms with Gasteiger partial charge in [0.2, 0.25) is 5.91 Å². The summed E-state index contributed by atoms with van der Waals surface area (Å²) in [6, 6.07) is 18.0. The number of imidazole rings is 1. The third-order valence-electron chi connectivity index (χ3n) is 11.6. The molecule has 3 aromatic carbocycles. The van der Waals surface area contributed by atoms with E-state index in [4.69, 9.17) is 9.72 Å². The van der Waals surface area contributed by atoms with Crippen molar-refractivity contribution in [1.82, 2.24) is 19.8 Å². The molecule has 0 radical (unpaired) electrons. The highest BCUT2D eigenvalue weighted by molar-refractivity contribution is 5.98. The summed E-state index contributed by atoms with van der Waals surface area (Å²) >= 11 is 0. The second kappa shape index (κ2) is 12.1. The second-order valence-electron chi connectivity index (χ2n) is 16.4. The lowest BCUT2D eigenvalue weighted by Gasteiger charge is -2.31. The molecule has 4 aliphatic rings. The van der Waals surface area contributed by atoms with Crippen LogP contribution in [0.4, 0.5) is 15.3 Å². The Balaban J connectivity index is 1.03. The summed E-state index contributed by atoms with van der Waals surface area (Å²) < 4.78 is 5.68. The van der Waals surface area contributed by atoms with Gasteiger partial charge in [-0.05, 0) is 123 Å². The lowest BCUT2D eigenvalue weighted by Crippen LogP contribution is -2.47. The number of nitrogens with one attached hydrogen (secondary N) is 2. The van der Waals surface area contributed by atoms with E-state index < -0.39 is 17.7 Å². The first-order valence-corrected chi connectivity index (χ1v) is 18.4. The number of rotatable bonds is 4. The molecule has 51 heavy (non-hydrogen) atoms. The van der Waals surface area contributed by atoms with Crippen LogP contribution < -0.4 is 5.32 Å². The number of carbonyl (C=O) groups excluding carboxylic acids is 2. The van der Waals surface area contributed by atoms with E-state index in [0.717, 1.165) is 77.6 Å². The highest BCUT2D eigenvalue weighted by Gasteiger charge is 2.48. The van der Waals surface area contributed by atoms with Crippen LogP contribution >= 0.6 is 0 Å². The van der Waals surface area contributed by atoms with Crippen LogP contribution in [0.5, 0.6) is 0 Å². The van der Waals surface area contributed by atoms with Gasteiger partial charge in [0.05, 0.1) is 17.1 Å². The van der Waals surface area contributed by atoms with Crippen molar-refractivity contribution in [1.29, 1.82) is 0 Å². The van der Waals surface area contributed by atoms with Crippen molar-refractivity contribution >= 4 is 34.8 Å². The average molecular weight is 690 g/mol. The molecule has 266 valence electrons. The van der Waals surface area contributed by atoms with Crippen molar-refractivity contribution in [2.24, 2.45) is 5.92 Å². The number of carbonyl (C=O) groups is 3. The molecule has 10 nitrogen and oxygen atoms in total. The summed E-state index contributed by atoms with van der Waals surface area (Å²) in [6.45, 7) is 10.7. The molecule has 4 aromatic rings. The van der Waals surface area contributed by atoms with Gasteiger partial charge in [-0.15, -0.1) is 0 Å². The first-order valence-electron chi connectivity index (χ1n) is 18.4. The zero-order valence-electron chi connectivity index (χ0n) is 30.1. The standard InChI is InChI=1S/C41H47N5O5/c1-40(2,3)51-39(50)45-18-8-11-34(45)36-43-31-17-13-24(20-32(31)44-36)23-12-15-27-28-16-14-26(22-30(28)41(4,5)29(27)19-23)42-37(47)35-21-25-9-6-7-10-33(25)46(35)38(48)49/h12-17,19-20,22,25,33-35H,6-11,18,21H2,1-5H3,(H,42,47)(H,43,44)(H,48,49)/t25?,33-,34?,35?/m0/s1. The van der Waals surface area contributed by atoms with Crippen LogP contribution in [-0.4, -0.2) is 67.2 Å². The van der Waals surface area contributed by atoms with Gasteiger partial charge >= 0.3 is 12.2 Å². The number of carboxylic acid groups (broad SMARTS) is 1. The Labute approximate surface area is 298 Å². The molecular weight excluding hydrogens is 642 g/mol. The molecule has 3 amide bonds. The van der Waals surface area contributed by atoms with Crippen molar-refractivity contribution in [3.8, 4) is 22.3 Å². The number of nitrogens with zero attached hydrogens (tertiary/aromatic N) is 3. The van der Waals surface area contributed by atoms with Gasteiger partial charge in [0.1, 0.15) is 17.5 Å². The second-order valence-corrected chi connectivity index (χ2v) is 16.4. The maximum atomic E-state index is 13.6. The monoisotopic (exact) mass is 689 g/mol. The molecule has 0 spiro atoms. The minimum Gasteiger partial charge on any atom is -0.465 e. The number of hydrogen-bond acceptors (Lipinski definition) is 5. The van der Waals surface area contributed by atoms with Crippen LogP contribution in [-0.2, 0) is 14.9 Å². The molecule has 1 aromatic heterocycles. The summed E-state index contributed by atoms with van der Waals surface area (Å²) in [6.07, 6.45) is 4.94. The number of anilines is 1. The Morgan fingerprint density at radius 3 is 2.39 bits per heavy atom. The Kier molecular flexibility index (Phi) is 7.92. The van der Waals surface area contributed by atoms with E-state index in [9.17, 15) is 19.5 Å². The zero-order valence-corrected chi connectivity index (χ0v) is 30.1. The molecule has 3 heterocycles. The largest absolute Gasteiger partial charge is 0.465 e. The van der Waals surface area contributed by atoms with E-state index in [2.05, 4.69) is 66.6 Å². The van der Waals surface area contributed by atoms with Gasteiger partial charge in [-0.2, -0.15) is 0 Å². The molecule has 3 N–H and O–H groups in total. The molecule has 8 rings (SSSR count). The van der Waals surface area contributed by atoms with Crippen molar-refractivity contribution in [2.75, 3.05) is 11.9 Å². The highest BCUT2D eigenvalue weighted by atomic mass is 16.6. The Hall–Kier alpha value is -4.86. The fourth-order valence-electron chi connectivity index (χ4n) is 9.15. The summed E-state index contributed by atoms with van der Waals surface area (Å²) in [5, 5.41) is 13.1. The SMILES string of the molecule is CC(C)(C)OC(=O)N1CCCC1c1nc2ccc(-c3ccc4c(c3)C(C)(C)c3cc(NC(=O)C5CC6CCCC[C@@H]6N5C(=O)O)ccc3-4)cc2[nH]1. The molecule has 10 heteroatoms. The Morgan fingerprint density at radius 2 is 1.63 bits per heavy atom. The Morgan fingerprint density at radius 1 is 0.922 bits per heavy atom. The fraction of sp³-hybridized carbons (Fsp3) is 0.463. The van der Waals surface area contributed by atoms with E-state index in [0.29, 0.717) is 18.7 Å². The van der Waals surface area contributed by atoms with Crippen LogP contribution in [0.25, 0.3) is 33.3 Å². The summed E-state index contributed by atoms with van der Waals surface area (Å²) in [7, 11) is 0. The van der Waals surface area contributed by atoms with E-state index in [-0.39, 0.29) is 35.4 Å². The smallest absolute Gasteiger partial charge is 0.410 e. The predicted molar refractivity (Wildman–Crippen MR) is 197 cm³/mol. The van der Waals surface area contributed by atoms with E-state index in [1.54, 1.807) is 4.90 Å². The summed E-state index contributed by atoms with van der Waals surface area (Å²) in [5.41, 5.74) is 8.38. The third kappa shape index (κ3) is 5.82. The minimum absolute atomic E-state index is 0.0625. The number of amides is 3. The molecule has 3 unspecified atom stereocenters. The number of aromatic nitrogens is 2. The quantitative estimate of drug-likeness (QED) is 0.196. The number of fused-ring (bicyclic) bond motifs is 5. The van der Waals surface area contributed by atoms with Gasteiger partial charge in [-0.25, -0.2) is 14.6 Å². The van der Waals surface area contributed by atoms with Gasteiger partial charge in [0.15, 0.2) is 0 Å². The third-order valence-corrected chi connectivity index (χ3v) is 11.6. The number of H-pyrrole nitrogens is 1. The number of hydrogen-bond donors (Lipinski definition) is 3. The molecular formula is C41H47N5O5. The lowest BCUT2D eigenvalue weighted by molar-refractivity contribution is -0.120. The van der Waals surface area contributed by atoms with E-state index in [1.807, 2.05) is 32.9 Å². The van der Waals surface area contributed by atoms with Crippen LogP contribution in [0.2, 0.25) is 0 Å². The molecule has 0 bridgehead atoms. The van der Waals surface area contributed by atoms with E-state index >= 15 is 0 Å². The predicted octanol–water partition coefficient (Wildman–Crippen LogP) is 8.86. The van der Waals surface area contributed by atoms with E-state index in [1.165, 1.54) is 16.0 Å². The summed E-state index contributed by atoms with van der Waals surface area (Å²) in [5.74, 6) is 0.789. The number of ether oxygens (including phenoxy) is 1. The molecule has 1 saturated carbocycles. The Bertz CT molecular complexity index is 2060. The molecule has 4 atom stereocenters. The van der Waals surface area contributed by atoms with Crippen molar-refractivity contribution < 1.29 is 24.2 Å². The molecule has 3 fully saturated rings. The fourth-order valence-corrected chi connectivity index (χ4v) is 9.15. The lowest BCUT2D eigenvalue weighted by atomic mass is 9.81. The average Bonchev–Trinajstić information content (AvgIpc) is 3.86. The molecule has 2 aliphatic heterocycles. The first kappa shape index (κ1) is 33.3. The van der Waals surface area contributed by atoms with Crippen molar-refractivity contribution in [3.05, 3.63) is 71.5 Å². The number of aromatic amines is 1. The van der Waals surface area contributed by atoms with Gasteiger partial charge in [-0.1, -0.05) is 51.0 Å². The maximum Gasteiger partial charge on any atom is 0.410 e. The normalized spacial score (nSPS) is 23.5. The minimum atomic E-state index is -1.00. The van der Waals surface area contributed by atoms with Gasteiger partial charge in [-0.3, -0.25) is 14.6 Å². The number of benzene rings is 3. The van der Waals surface area contributed by atoms with Crippen molar-refractivity contribution in [3.63, 3.8) is 0 Å². The van der Waals surface area contributed by atoms with Gasteiger partial charge < -0.3 is 20.1 Å². The van der Waals surface area contributed by atoms with Crippen LogP contribution in [0.15, 0.2) is 54.6 Å². The molecule has 2 saturated heterocycles. The topological polar surface area (TPSA) is 128 Å². The zero-order chi connectivity index (χ0) is 35.8. The first-order chi connectivity index (χ1) is 24.3. The summed E-state index contributed by atoms with van der Waals surface area (Å²) in [4.78, 5) is 50.4. The maximum absolute atomic E-state index is 13.6. The van der Waals surface area contributed by atoms with Crippen LogP contribution in [0.1, 0.15) is 103 Å². The van der Waals surface area contributed by atoms with Crippen LogP contribution in [0.3, 0.4) is 0 Å². The van der Waals surface area contributed by atoms with Gasteiger partial charge in [0.25, 0.3) is 0 Å². The van der Waals surface area contributed by atoms with Gasteiger partial charge in [0, 0.05) is 23.7 Å². The highest BCUT2D eigenvalue weighted by Crippen LogP contribution is 2.50. The number of likely N-dealkylation sites (tertiary alicyclic amines) is 2. The van der Waals surface area contributed by atoms with Crippen LogP contribution in [0, 0.1) is 5.92 Å².